The zero-order chi connectivity index (χ0) is 15.1. The van der Waals surface area contributed by atoms with Crippen LogP contribution in [0.1, 0.15) is 15.9 Å². The molecule has 1 unspecified atom stereocenters. The number of hydrogen-bond donors (Lipinski definition) is 2. The molecule has 1 aromatic carbocycles. The molecule has 1 saturated heterocycles. The number of thioether (sulfide) groups is 2. The number of carbonyl (C=O) groups is 2. The lowest BCUT2D eigenvalue weighted by Crippen LogP contribution is -2.33. The van der Waals surface area contributed by atoms with E-state index in [1.54, 1.807) is 24.3 Å². The second kappa shape index (κ2) is 8.14. The molecule has 21 heavy (non-hydrogen) atoms. The Morgan fingerprint density at radius 3 is 2.95 bits per heavy atom. The zero-order valence-corrected chi connectivity index (χ0v) is 13.1. The first kappa shape index (κ1) is 16.0. The highest BCUT2D eigenvalue weighted by Crippen LogP contribution is 2.23. The number of amides is 1. The predicted molar refractivity (Wildman–Crippen MR) is 89.0 cm³/mol. The Balaban J connectivity index is 1.92. The molecule has 1 heterocycles. The van der Waals surface area contributed by atoms with Gasteiger partial charge in [-0.3, -0.25) is 4.79 Å². The van der Waals surface area contributed by atoms with Crippen LogP contribution in [-0.4, -0.2) is 46.0 Å². The summed E-state index contributed by atoms with van der Waals surface area (Å²) in [6.45, 7) is 0.672. The summed E-state index contributed by atoms with van der Waals surface area (Å²) in [4.78, 5) is 22.6. The molecular formula is C15H17NO3S2. The fraction of sp³-hybridized carbons (Fsp3) is 0.333. The molecule has 2 N–H and O–H groups in total. The van der Waals surface area contributed by atoms with Gasteiger partial charge >= 0.3 is 5.97 Å². The number of carbonyl (C=O) groups excluding carboxylic acids is 1. The maximum Gasteiger partial charge on any atom is 0.328 e. The van der Waals surface area contributed by atoms with Gasteiger partial charge in [0.2, 0.25) is 0 Å². The summed E-state index contributed by atoms with van der Waals surface area (Å²) < 4.78 is 0. The van der Waals surface area contributed by atoms with Crippen LogP contribution < -0.4 is 5.32 Å². The van der Waals surface area contributed by atoms with Crippen molar-refractivity contribution >= 4 is 41.5 Å². The van der Waals surface area contributed by atoms with Crippen molar-refractivity contribution in [2.24, 2.45) is 0 Å². The lowest BCUT2D eigenvalue weighted by molar-refractivity contribution is -0.131. The molecule has 1 aliphatic heterocycles. The Bertz CT molecular complexity index is 539. The van der Waals surface area contributed by atoms with E-state index in [1.807, 2.05) is 23.5 Å². The summed E-state index contributed by atoms with van der Waals surface area (Å²) in [7, 11) is 0. The smallest absolute Gasteiger partial charge is 0.328 e. The highest BCUT2D eigenvalue weighted by atomic mass is 32.2. The maximum absolute atomic E-state index is 12.1. The molecular weight excluding hydrogens is 306 g/mol. The number of nitrogens with one attached hydrogen (secondary N) is 1. The van der Waals surface area contributed by atoms with Crippen LogP contribution >= 0.6 is 23.5 Å². The Morgan fingerprint density at radius 2 is 2.24 bits per heavy atom. The van der Waals surface area contributed by atoms with E-state index in [-0.39, 0.29) is 5.91 Å². The molecule has 1 aromatic rings. The molecule has 0 aliphatic carbocycles. The van der Waals surface area contributed by atoms with Gasteiger partial charge in [0.05, 0.1) is 0 Å². The fourth-order valence-corrected chi connectivity index (χ4v) is 4.53. The molecule has 1 amide bonds. The van der Waals surface area contributed by atoms with Crippen LogP contribution in [0.15, 0.2) is 30.3 Å². The van der Waals surface area contributed by atoms with Gasteiger partial charge in [0.25, 0.3) is 5.91 Å². The summed E-state index contributed by atoms with van der Waals surface area (Å²) in [6, 6.07) is 6.94. The zero-order valence-electron chi connectivity index (χ0n) is 11.5. The van der Waals surface area contributed by atoms with Crippen molar-refractivity contribution < 1.29 is 14.7 Å². The molecule has 0 spiro atoms. The van der Waals surface area contributed by atoms with Crippen LogP contribution in [0.2, 0.25) is 0 Å². The second-order valence-electron chi connectivity index (χ2n) is 4.57. The van der Waals surface area contributed by atoms with Crippen molar-refractivity contribution in [3.63, 3.8) is 0 Å². The number of aliphatic carboxylic acids is 1. The highest BCUT2D eigenvalue weighted by molar-refractivity contribution is 8.06. The van der Waals surface area contributed by atoms with E-state index >= 15 is 0 Å². The molecule has 6 heteroatoms. The van der Waals surface area contributed by atoms with Crippen LogP contribution in [0.25, 0.3) is 6.08 Å². The van der Waals surface area contributed by atoms with Gasteiger partial charge in [-0.05, 0) is 23.8 Å². The van der Waals surface area contributed by atoms with E-state index in [1.165, 1.54) is 11.8 Å². The van der Waals surface area contributed by atoms with Crippen molar-refractivity contribution in [2.75, 3.05) is 23.8 Å². The van der Waals surface area contributed by atoms with E-state index in [9.17, 15) is 9.59 Å². The molecule has 1 aliphatic rings. The second-order valence-corrected chi connectivity index (χ2v) is 7.13. The number of rotatable bonds is 5. The Labute approximate surface area is 132 Å². The fourth-order valence-electron chi connectivity index (χ4n) is 1.91. The Kier molecular flexibility index (Phi) is 6.20. The number of benzene rings is 1. The number of carboxylic acid groups (broad SMARTS) is 1. The van der Waals surface area contributed by atoms with Crippen LogP contribution in [0.4, 0.5) is 0 Å². The standard InChI is InChI=1S/C15H17NO3S2/c17-14(18)5-4-11-2-1-3-12(8-11)15(19)16-9-13-10-20-6-7-21-13/h1-5,8,13H,6-7,9-10H2,(H,16,19)(H,17,18)/b5-4+. The van der Waals surface area contributed by atoms with E-state index in [2.05, 4.69) is 5.32 Å². The van der Waals surface area contributed by atoms with Crippen LogP contribution in [-0.2, 0) is 4.79 Å². The van der Waals surface area contributed by atoms with Crippen molar-refractivity contribution in [3.05, 3.63) is 41.5 Å². The van der Waals surface area contributed by atoms with Crippen LogP contribution in [0, 0.1) is 0 Å². The van der Waals surface area contributed by atoms with Gasteiger partial charge in [-0.1, -0.05) is 12.1 Å². The Hall–Kier alpha value is -1.40. The molecule has 1 fully saturated rings. The molecule has 0 saturated carbocycles. The van der Waals surface area contributed by atoms with Gasteiger partial charge in [-0.25, -0.2) is 4.79 Å². The first-order valence-electron chi connectivity index (χ1n) is 6.64. The van der Waals surface area contributed by atoms with Crippen molar-refractivity contribution in [1.82, 2.24) is 5.32 Å². The van der Waals surface area contributed by atoms with Gasteiger partial charge in [0.1, 0.15) is 0 Å². The van der Waals surface area contributed by atoms with Crippen molar-refractivity contribution in [3.8, 4) is 0 Å². The maximum atomic E-state index is 12.1. The summed E-state index contributed by atoms with van der Waals surface area (Å²) in [5.41, 5.74) is 1.25. The van der Waals surface area contributed by atoms with Crippen LogP contribution in [0.5, 0.6) is 0 Å². The third kappa shape index (κ3) is 5.47. The molecule has 0 bridgehead atoms. The summed E-state index contributed by atoms with van der Waals surface area (Å²) in [5.74, 6) is 2.29. The van der Waals surface area contributed by atoms with E-state index in [4.69, 9.17) is 5.11 Å². The van der Waals surface area contributed by atoms with Gasteiger partial charge in [0, 0.05) is 40.7 Å². The van der Waals surface area contributed by atoms with Gasteiger partial charge < -0.3 is 10.4 Å². The average molecular weight is 323 g/mol. The molecule has 0 radical (unpaired) electrons. The largest absolute Gasteiger partial charge is 0.478 e. The minimum atomic E-state index is -1.00. The van der Waals surface area contributed by atoms with Crippen LogP contribution in [0.3, 0.4) is 0 Å². The topological polar surface area (TPSA) is 66.4 Å². The number of carboxylic acids is 1. The van der Waals surface area contributed by atoms with Crippen molar-refractivity contribution in [2.45, 2.75) is 5.25 Å². The first-order valence-corrected chi connectivity index (χ1v) is 8.84. The van der Waals surface area contributed by atoms with Gasteiger partial charge in [-0.15, -0.1) is 0 Å². The highest BCUT2D eigenvalue weighted by Gasteiger charge is 2.15. The molecule has 1 atom stereocenters. The minimum Gasteiger partial charge on any atom is -0.478 e. The monoisotopic (exact) mass is 323 g/mol. The Morgan fingerprint density at radius 1 is 1.38 bits per heavy atom. The first-order chi connectivity index (χ1) is 10.1. The van der Waals surface area contributed by atoms with Gasteiger partial charge in [0.15, 0.2) is 0 Å². The molecule has 2 rings (SSSR count). The summed E-state index contributed by atoms with van der Waals surface area (Å²) in [6.07, 6.45) is 2.54. The molecule has 4 nitrogen and oxygen atoms in total. The van der Waals surface area contributed by atoms with E-state index in [0.717, 1.165) is 17.6 Å². The van der Waals surface area contributed by atoms with E-state index < -0.39 is 5.97 Å². The average Bonchev–Trinajstić information content (AvgIpc) is 2.52. The lowest BCUT2D eigenvalue weighted by Gasteiger charge is -2.21. The molecule has 112 valence electrons. The lowest BCUT2D eigenvalue weighted by atomic mass is 10.1. The predicted octanol–water partition coefficient (Wildman–Crippen LogP) is 2.36. The normalized spacial score (nSPS) is 18.6. The SMILES string of the molecule is O=C(O)/C=C/c1cccc(C(=O)NCC2CSCCS2)c1. The van der Waals surface area contributed by atoms with E-state index in [0.29, 0.717) is 22.9 Å². The van der Waals surface area contributed by atoms with Gasteiger partial charge in [-0.2, -0.15) is 23.5 Å². The van der Waals surface area contributed by atoms with Crippen molar-refractivity contribution in [1.29, 1.82) is 0 Å². The number of hydrogen-bond acceptors (Lipinski definition) is 4. The third-order valence-electron chi connectivity index (χ3n) is 2.94. The summed E-state index contributed by atoms with van der Waals surface area (Å²) in [5, 5.41) is 12.0. The summed E-state index contributed by atoms with van der Waals surface area (Å²) >= 11 is 3.83. The third-order valence-corrected chi connectivity index (χ3v) is 5.79. The molecule has 0 aromatic heterocycles. The quantitative estimate of drug-likeness (QED) is 0.814. The minimum absolute atomic E-state index is 0.114.